The number of anilines is 1. The quantitative estimate of drug-likeness (QED) is 0.568. The maximum Gasteiger partial charge on any atom is 0.246 e. The normalized spacial score (nSPS) is 12.4. The summed E-state index contributed by atoms with van der Waals surface area (Å²) in [6.07, 6.45) is 0.856. The average molecular weight is 471 g/mol. The second-order valence-corrected chi connectivity index (χ2v) is 8.87. The fourth-order valence-corrected chi connectivity index (χ4v) is 4.08. The second kappa shape index (κ2) is 8.98. The molecule has 8 nitrogen and oxygen atoms in total. The van der Waals surface area contributed by atoms with Crippen molar-refractivity contribution < 1.29 is 26.5 Å². The van der Waals surface area contributed by atoms with Gasteiger partial charge in [0, 0.05) is 16.7 Å². The summed E-state index contributed by atoms with van der Waals surface area (Å²) in [5, 5.41) is 6.85. The first-order chi connectivity index (χ1) is 14.6. The van der Waals surface area contributed by atoms with Gasteiger partial charge in [-0.15, -0.1) is 0 Å². The topological polar surface area (TPSA) is 105 Å². The molecule has 0 aliphatic carbocycles. The van der Waals surface area contributed by atoms with E-state index in [4.69, 9.17) is 16.1 Å². The fourth-order valence-electron chi connectivity index (χ4n) is 2.78. The highest BCUT2D eigenvalue weighted by Crippen LogP contribution is 2.23. The number of halogens is 3. The molecule has 1 heterocycles. The zero-order valence-electron chi connectivity index (χ0n) is 16.3. The van der Waals surface area contributed by atoms with E-state index in [2.05, 4.69) is 15.5 Å². The highest BCUT2D eigenvalue weighted by molar-refractivity contribution is 7.92. The molecule has 1 atom stereocenters. The monoisotopic (exact) mass is 470 g/mol. The lowest BCUT2D eigenvalue weighted by Gasteiger charge is -2.28. The van der Waals surface area contributed by atoms with Crippen LogP contribution in [0.15, 0.2) is 47.0 Å². The van der Waals surface area contributed by atoms with E-state index in [-0.39, 0.29) is 23.9 Å². The molecule has 0 unspecified atom stereocenters. The van der Waals surface area contributed by atoms with Crippen LogP contribution in [-0.2, 0) is 21.4 Å². The van der Waals surface area contributed by atoms with Crippen molar-refractivity contribution in [2.75, 3.05) is 10.6 Å². The number of carbonyl (C=O) groups is 1. The Bertz CT molecular complexity index is 1200. The summed E-state index contributed by atoms with van der Waals surface area (Å²) in [6, 6.07) is 8.01. The van der Waals surface area contributed by atoms with Gasteiger partial charge in [-0.2, -0.15) is 4.98 Å². The lowest BCUT2D eigenvalue weighted by molar-refractivity contribution is -0.122. The Morgan fingerprint density at radius 3 is 2.48 bits per heavy atom. The molecule has 0 fully saturated rings. The van der Waals surface area contributed by atoms with Gasteiger partial charge in [-0.1, -0.05) is 16.8 Å². The Morgan fingerprint density at radius 2 is 1.87 bits per heavy atom. The number of nitrogens with one attached hydrogen (secondary N) is 1. The number of amides is 1. The van der Waals surface area contributed by atoms with Crippen molar-refractivity contribution in [3.8, 4) is 11.4 Å². The van der Waals surface area contributed by atoms with E-state index in [0.29, 0.717) is 21.0 Å². The molecule has 1 aromatic heterocycles. The van der Waals surface area contributed by atoms with Gasteiger partial charge < -0.3 is 9.84 Å². The van der Waals surface area contributed by atoms with Gasteiger partial charge in [0.2, 0.25) is 27.6 Å². The summed E-state index contributed by atoms with van der Waals surface area (Å²) in [5.74, 6) is -2.71. The predicted molar refractivity (Wildman–Crippen MR) is 110 cm³/mol. The first-order valence-electron chi connectivity index (χ1n) is 8.87. The third-order valence-electron chi connectivity index (χ3n) is 4.23. The van der Waals surface area contributed by atoms with Crippen LogP contribution in [0.5, 0.6) is 0 Å². The smallest absolute Gasteiger partial charge is 0.246 e. The maximum atomic E-state index is 13.6. The molecular formula is C19H17ClF2N4O4S. The van der Waals surface area contributed by atoms with Gasteiger partial charge >= 0.3 is 0 Å². The summed E-state index contributed by atoms with van der Waals surface area (Å²) >= 11 is 5.84. The molecule has 3 aromatic rings. The van der Waals surface area contributed by atoms with Gasteiger partial charge in [0.15, 0.2) is 11.6 Å². The largest absolute Gasteiger partial charge is 0.345 e. The Hall–Kier alpha value is -3.05. The van der Waals surface area contributed by atoms with Crippen LogP contribution in [0.4, 0.5) is 14.5 Å². The first-order valence-corrected chi connectivity index (χ1v) is 11.1. The number of aromatic nitrogens is 2. The molecule has 164 valence electrons. The van der Waals surface area contributed by atoms with Crippen LogP contribution in [-0.4, -0.2) is 36.8 Å². The van der Waals surface area contributed by atoms with Crippen LogP contribution in [0.1, 0.15) is 12.8 Å². The van der Waals surface area contributed by atoms with Gasteiger partial charge in [-0.25, -0.2) is 17.2 Å². The molecule has 3 rings (SSSR count). The summed E-state index contributed by atoms with van der Waals surface area (Å²) in [5.41, 5.74) is 0.465. The molecule has 0 aliphatic rings. The van der Waals surface area contributed by atoms with Crippen LogP contribution in [0.2, 0.25) is 5.02 Å². The Kier molecular flexibility index (Phi) is 6.56. The van der Waals surface area contributed by atoms with Gasteiger partial charge in [-0.3, -0.25) is 9.10 Å². The Balaban J connectivity index is 1.72. The standard InChI is InChI=1S/C19H17ClF2N4O4S/c1-11(26(31(2,28)29)14-7-8-15(21)16(22)9-14)19(27)23-10-17-24-18(25-30-17)12-3-5-13(20)6-4-12/h3-9,11H,10H2,1-2H3,(H,23,27)/t11-/m1/s1. The highest BCUT2D eigenvalue weighted by Gasteiger charge is 2.30. The number of hydrogen-bond acceptors (Lipinski definition) is 6. The molecule has 12 heteroatoms. The number of nitrogens with zero attached hydrogens (tertiary/aromatic N) is 3. The van der Waals surface area contributed by atoms with Crippen LogP contribution in [0.3, 0.4) is 0 Å². The van der Waals surface area contributed by atoms with E-state index in [9.17, 15) is 22.0 Å². The van der Waals surface area contributed by atoms with Crippen LogP contribution < -0.4 is 9.62 Å². The van der Waals surface area contributed by atoms with E-state index in [1.54, 1.807) is 24.3 Å². The SMILES string of the molecule is C[C@H](C(=O)NCc1nc(-c2ccc(Cl)cc2)no1)N(c1ccc(F)c(F)c1)S(C)(=O)=O. The number of hydrogen-bond donors (Lipinski definition) is 1. The van der Waals surface area contributed by atoms with Gasteiger partial charge in [-0.05, 0) is 43.3 Å². The molecule has 0 saturated carbocycles. The molecule has 0 aliphatic heterocycles. The summed E-state index contributed by atoms with van der Waals surface area (Å²) in [6.45, 7) is 1.14. The Morgan fingerprint density at radius 1 is 1.19 bits per heavy atom. The molecule has 31 heavy (non-hydrogen) atoms. The molecule has 0 spiro atoms. The number of sulfonamides is 1. The lowest BCUT2D eigenvalue weighted by Crippen LogP contribution is -2.47. The van der Waals surface area contributed by atoms with Crippen molar-refractivity contribution in [3.05, 3.63) is 65.0 Å². The summed E-state index contributed by atoms with van der Waals surface area (Å²) < 4.78 is 57.0. The van der Waals surface area contributed by atoms with Gasteiger partial charge in [0.1, 0.15) is 6.04 Å². The average Bonchev–Trinajstić information content (AvgIpc) is 3.17. The van der Waals surface area contributed by atoms with E-state index in [1.807, 2.05) is 0 Å². The van der Waals surface area contributed by atoms with Crippen molar-refractivity contribution >= 4 is 33.2 Å². The fraction of sp³-hybridized carbons (Fsp3) is 0.211. The number of benzene rings is 2. The van der Waals surface area contributed by atoms with E-state index < -0.39 is 33.6 Å². The lowest BCUT2D eigenvalue weighted by atomic mass is 10.2. The highest BCUT2D eigenvalue weighted by atomic mass is 35.5. The van der Waals surface area contributed by atoms with E-state index >= 15 is 0 Å². The summed E-state index contributed by atoms with van der Waals surface area (Å²) in [7, 11) is -3.99. The molecule has 1 N–H and O–H groups in total. The van der Waals surface area contributed by atoms with Crippen molar-refractivity contribution in [3.63, 3.8) is 0 Å². The summed E-state index contributed by atoms with van der Waals surface area (Å²) in [4.78, 5) is 16.7. The third-order valence-corrected chi connectivity index (χ3v) is 5.72. The van der Waals surface area contributed by atoms with Crippen molar-refractivity contribution in [1.29, 1.82) is 0 Å². The van der Waals surface area contributed by atoms with Gasteiger partial charge in [0.25, 0.3) is 0 Å². The molecule has 1 amide bonds. The van der Waals surface area contributed by atoms with Crippen LogP contribution in [0.25, 0.3) is 11.4 Å². The molecular weight excluding hydrogens is 454 g/mol. The van der Waals surface area contributed by atoms with Crippen molar-refractivity contribution in [2.45, 2.75) is 19.5 Å². The zero-order valence-corrected chi connectivity index (χ0v) is 17.9. The van der Waals surface area contributed by atoms with E-state index in [1.165, 1.54) is 6.92 Å². The van der Waals surface area contributed by atoms with E-state index in [0.717, 1.165) is 18.4 Å². The first kappa shape index (κ1) is 22.6. The van der Waals surface area contributed by atoms with Crippen LogP contribution in [0, 0.1) is 11.6 Å². The zero-order chi connectivity index (χ0) is 22.8. The minimum Gasteiger partial charge on any atom is -0.345 e. The minimum absolute atomic E-state index is 0.0873. The maximum absolute atomic E-state index is 13.6. The number of carbonyl (C=O) groups excluding carboxylic acids is 1. The van der Waals surface area contributed by atoms with Gasteiger partial charge in [0.05, 0.1) is 18.5 Å². The van der Waals surface area contributed by atoms with Crippen LogP contribution >= 0.6 is 11.6 Å². The second-order valence-electron chi connectivity index (χ2n) is 6.57. The molecule has 0 radical (unpaired) electrons. The third kappa shape index (κ3) is 5.36. The van der Waals surface area contributed by atoms with Crippen molar-refractivity contribution in [1.82, 2.24) is 15.5 Å². The molecule has 0 bridgehead atoms. The molecule has 2 aromatic carbocycles. The minimum atomic E-state index is -3.99. The number of rotatable bonds is 7. The van der Waals surface area contributed by atoms with Crippen molar-refractivity contribution in [2.24, 2.45) is 0 Å². The molecule has 0 saturated heterocycles. The Labute approximate surface area is 181 Å². The predicted octanol–water partition coefficient (Wildman–Crippen LogP) is 3.14.